The Hall–Kier alpha value is -3.30. The summed E-state index contributed by atoms with van der Waals surface area (Å²) in [5.41, 5.74) is 6.02. The number of hydrogen-bond donors (Lipinski definition) is 3. The van der Waals surface area contributed by atoms with Gasteiger partial charge in [0.15, 0.2) is 0 Å². The van der Waals surface area contributed by atoms with Gasteiger partial charge >= 0.3 is 0 Å². The summed E-state index contributed by atoms with van der Waals surface area (Å²) in [7, 11) is 0. The molecule has 4 atom stereocenters. The molecule has 8 nitrogen and oxygen atoms in total. The molecule has 2 saturated heterocycles. The van der Waals surface area contributed by atoms with E-state index in [4.69, 9.17) is 17.3 Å². The Kier molecular flexibility index (Phi) is 4.80. The fourth-order valence-electron chi connectivity index (χ4n) is 5.37. The highest BCUT2D eigenvalue weighted by Crippen LogP contribution is 2.54. The number of nitrogens with zero attached hydrogens (tertiary/aromatic N) is 1. The van der Waals surface area contributed by atoms with Crippen LogP contribution in [0.25, 0.3) is 0 Å². The zero-order chi connectivity index (χ0) is 23.7. The summed E-state index contributed by atoms with van der Waals surface area (Å²) >= 11 is 6.37. The number of amides is 4. The molecule has 1 spiro atoms. The Labute approximate surface area is 193 Å². The number of aryl methyl sites for hydroxylation is 1. The first-order valence-corrected chi connectivity index (χ1v) is 10.8. The maximum absolute atomic E-state index is 13.6. The monoisotopic (exact) mass is 470 g/mol. The number of rotatable bonds is 4. The summed E-state index contributed by atoms with van der Waals surface area (Å²) in [6.07, 6.45) is -0.228. The summed E-state index contributed by atoms with van der Waals surface area (Å²) in [4.78, 5) is 53.3. The number of hydrogen-bond acceptors (Lipinski definition) is 5. The number of carbonyl (C=O) groups is 4. The number of fused-ring (bicyclic) bond motifs is 4. The average molecular weight is 471 g/mol. The molecule has 3 aliphatic heterocycles. The second kappa shape index (κ2) is 7.36. The number of nitrogens with two attached hydrogens (primary N) is 1. The number of primary amides is 1. The van der Waals surface area contributed by atoms with Crippen LogP contribution in [0, 0.1) is 24.6 Å². The van der Waals surface area contributed by atoms with Crippen molar-refractivity contribution in [3.8, 4) is 0 Å². The van der Waals surface area contributed by atoms with E-state index >= 15 is 0 Å². The highest BCUT2D eigenvalue weighted by Gasteiger charge is 2.70. The molecule has 4 amide bonds. The topological polar surface area (TPSA) is 122 Å². The minimum Gasteiger partial charge on any atom is -0.370 e. The Morgan fingerprint density at radius 2 is 1.88 bits per heavy atom. The van der Waals surface area contributed by atoms with Crippen LogP contribution in [0.1, 0.15) is 23.1 Å². The third-order valence-electron chi connectivity index (χ3n) is 6.69. The number of halogens is 2. The van der Waals surface area contributed by atoms with Gasteiger partial charge in [-0.3, -0.25) is 29.4 Å². The van der Waals surface area contributed by atoms with Gasteiger partial charge in [-0.2, -0.15) is 0 Å². The van der Waals surface area contributed by atoms with Gasteiger partial charge in [0.2, 0.25) is 23.6 Å². The number of benzene rings is 2. The molecule has 3 heterocycles. The lowest BCUT2D eigenvalue weighted by atomic mass is 9.76. The van der Waals surface area contributed by atoms with Gasteiger partial charge in [0.25, 0.3) is 0 Å². The molecule has 2 aromatic carbocycles. The number of likely N-dealkylation sites (tertiary alicyclic amines) is 1. The van der Waals surface area contributed by atoms with Crippen LogP contribution in [0.5, 0.6) is 0 Å². The maximum atomic E-state index is 13.6. The van der Waals surface area contributed by atoms with E-state index in [1.54, 1.807) is 19.1 Å². The van der Waals surface area contributed by atoms with Crippen molar-refractivity contribution in [2.75, 3.05) is 5.32 Å². The van der Waals surface area contributed by atoms with Gasteiger partial charge in [0.1, 0.15) is 11.4 Å². The third-order valence-corrected chi connectivity index (χ3v) is 6.98. The first-order chi connectivity index (χ1) is 15.6. The van der Waals surface area contributed by atoms with Crippen molar-refractivity contribution in [1.29, 1.82) is 0 Å². The normalized spacial score (nSPS) is 27.8. The molecule has 5 rings (SSSR count). The van der Waals surface area contributed by atoms with E-state index in [0.717, 1.165) is 10.5 Å². The fraction of sp³-hybridized carbons (Fsp3) is 0.304. The quantitative estimate of drug-likeness (QED) is 0.586. The van der Waals surface area contributed by atoms with Crippen molar-refractivity contribution in [2.45, 2.75) is 31.5 Å². The summed E-state index contributed by atoms with van der Waals surface area (Å²) in [5, 5.41) is 6.18. The Balaban J connectivity index is 1.62. The van der Waals surface area contributed by atoms with E-state index in [0.29, 0.717) is 21.8 Å². The van der Waals surface area contributed by atoms with Gasteiger partial charge in [0, 0.05) is 18.0 Å². The molecule has 3 aliphatic rings. The highest BCUT2D eigenvalue weighted by molar-refractivity contribution is 6.35. The summed E-state index contributed by atoms with van der Waals surface area (Å²) < 4.78 is 13.3. The smallest absolute Gasteiger partial charge is 0.250 e. The first kappa shape index (κ1) is 21.5. The van der Waals surface area contributed by atoms with Crippen molar-refractivity contribution < 1.29 is 23.6 Å². The van der Waals surface area contributed by atoms with Crippen molar-refractivity contribution >= 4 is 40.9 Å². The SMILES string of the molecule is Cc1cc(Cl)c2c(c1)C1(NC(CC(N)=O)C3C(=O)N(Cc4ccc(F)cc4)C(=O)C31)C(=O)N2. The third kappa shape index (κ3) is 3.07. The molecule has 170 valence electrons. The van der Waals surface area contributed by atoms with Crippen LogP contribution < -0.4 is 16.4 Å². The largest absolute Gasteiger partial charge is 0.370 e. The number of imide groups is 1. The van der Waals surface area contributed by atoms with E-state index in [1.807, 2.05) is 0 Å². The fourth-order valence-corrected chi connectivity index (χ4v) is 5.69. The van der Waals surface area contributed by atoms with Gasteiger partial charge in [-0.25, -0.2) is 4.39 Å². The van der Waals surface area contributed by atoms with Crippen molar-refractivity contribution in [2.24, 2.45) is 17.6 Å². The molecule has 33 heavy (non-hydrogen) atoms. The molecule has 0 radical (unpaired) electrons. The van der Waals surface area contributed by atoms with E-state index < -0.39 is 52.9 Å². The second-order valence-corrected chi connectivity index (χ2v) is 9.15. The second-order valence-electron chi connectivity index (χ2n) is 8.75. The molecule has 0 saturated carbocycles. The lowest BCUT2D eigenvalue weighted by Gasteiger charge is -2.29. The van der Waals surface area contributed by atoms with Gasteiger partial charge < -0.3 is 11.1 Å². The van der Waals surface area contributed by atoms with Crippen LogP contribution in [-0.4, -0.2) is 34.6 Å². The predicted octanol–water partition coefficient (Wildman–Crippen LogP) is 1.58. The van der Waals surface area contributed by atoms with Crippen LogP contribution in [0.4, 0.5) is 10.1 Å². The van der Waals surface area contributed by atoms with Crippen LogP contribution in [0.3, 0.4) is 0 Å². The van der Waals surface area contributed by atoms with E-state index in [-0.39, 0.29) is 13.0 Å². The maximum Gasteiger partial charge on any atom is 0.250 e. The van der Waals surface area contributed by atoms with E-state index in [1.165, 1.54) is 24.3 Å². The molecule has 0 aromatic heterocycles. The number of nitrogens with one attached hydrogen (secondary N) is 2. The molecular formula is C23H20ClFN4O4. The Morgan fingerprint density at radius 1 is 1.18 bits per heavy atom. The molecule has 2 aromatic rings. The molecule has 4 unspecified atom stereocenters. The molecule has 10 heteroatoms. The van der Waals surface area contributed by atoms with Crippen LogP contribution in [-0.2, 0) is 31.3 Å². The van der Waals surface area contributed by atoms with Gasteiger partial charge in [-0.05, 0) is 36.2 Å². The molecule has 0 bridgehead atoms. The minimum absolute atomic E-state index is 0.0760. The summed E-state index contributed by atoms with van der Waals surface area (Å²) in [5.74, 6) is -4.74. The standard InChI is InChI=1S/C23H20ClFN4O4/c1-10-6-13-19(14(24)7-10)27-22(33)23(13)18-17(15(28-23)8-16(26)30)20(31)29(21(18)32)9-11-2-4-12(25)5-3-11/h2-7,15,17-18,28H,8-9H2,1H3,(H2,26,30)(H,27,33). The van der Waals surface area contributed by atoms with Crippen LogP contribution in [0.2, 0.25) is 5.02 Å². The number of anilines is 1. The van der Waals surface area contributed by atoms with E-state index in [9.17, 15) is 23.6 Å². The predicted molar refractivity (Wildman–Crippen MR) is 116 cm³/mol. The highest BCUT2D eigenvalue weighted by atomic mass is 35.5. The van der Waals surface area contributed by atoms with Crippen molar-refractivity contribution in [3.05, 3.63) is 63.9 Å². The van der Waals surface area contributed by atoms with Crippen molar-refractivity contribution in [3.63, 3.8) is 0 Å². The average Bonchev–Trinajstić information content (AvgIpc) is 3.31. The first-order valence-electron chi connectivity index (χ1n) is 10.4. The van der Waals surface area contributed by atoms with Gasteiger partial charge in [0.05, 0.1) is 29.1 Å². The lowest BCUT2D eigenvalue weighted by molar-refractivity contribution is -0.143. The summed E-state index contributed by atoms with van der Waals surface area (Å²) in [6, 6.07) is 8.07. The molecular weight excluding hydrogens is 451 g/mol. The lowest BCUT2D eigenvalue weighted by Crippen LogP contribution is -2.53. The van der Waals surface area contributed by atoms with Crippen LogP contribution >= 0.6 is 11.6 Å². The molecule has 2 fully saturated rings. The zero-order valence-corrected chi connectivity index (χ0v) is 18.3. The van der Waals surface area contributed by atoms with Gasteiger partial charge in [-0.15, -0.1) is 0 Å². The Bertz CT molecular complexity index is 1230. The molecule has 0 aliphatic carbocycles. The summed E-state index contributed by atoms with van der Waals surface area (Å²) in [6.45, 7) is 1.73. The van der Waals surface area contributed by atoms with Crippen LogP contribution in [0.15, 0.2) is 36.4 Å². The van der Waals surface area contributed by atoms with E-state index in [2.05, 4.69) is 10.6 Å². The number of carbonyl (C=O) groups excluding carboxylic acids is 4. The van der Waals surface area contributed by atoms with Crippen molar-refractivity contribution in [1.82, 2.24) is 10.2 Å². The molecule has 4 N–H and O–H groups in total. The zero-order valence-electron chi connectivity index (χ0n) is 17.5. The van der Waals surface area contributed by atoms with Gasteiger partial charge in [-0.1, -0.05) is 29.8 Å². The minimum atomic E-state index is -1.57. The Morgan fingerprint density at radius 3 is 2.55 bits per heavy atom.